The third-order valence-corrected chi connectivity index (χ3v) is 15.6. The lowest BCUT2D eigenvalue weighted by atomic mass is 10.0. The molecule has 0 aliphatic rings. The van der Waals surface area contributed by atoms with E-state index in [0.29, 0.717) is 12.8 Å². The molecule has 0 aliphatic carbocycles. The Balaban J connectivity index is 3.42. The van der Waals surface area contributed by atoms with E-state index in [1.54, 1.807) is 0 Å². The van der Waals surface area contributed by atoms with Gasteiger partial charge in [-0.25, -0.2) is 0 Å². The van der Waals surface area contributed by atoms with E-state index < -0.39 is 6.10 Å². The van der Waals surface area contributed by atoms with Gasteiger partial charge >= 0.3 is 11.9 Å². The fraction of sp³-hybridized carbons (Fsp3) is 0.740. The molecule has 0 saturated carbocycles. The van der Waals surface area contributed by atoms with E-state index in [1.807, 2.05) is 0 Å². The van der Waals surface area contributed by atoms with Crippen molar-refractivity contribution in [3.63, 3.8) is 0 Å². The van der Waals surface area contributed by atoms with Crippen LogP contribution in [0.4, 0.5) is 0 Å². The van der Waals surface area contributed by atoms with Crippen LogP contribution in [0.5, 0.6) is 0 Å². The Morgan fingerprint density at radius 3 is 0.732 bits per heavy atom. The highest BCUT2D eigenvalue weighted by molar-refractivity contribution is 5.70. The first kappa shape index (κ1) is 78.6. The number of aliphatic hydroxyl groups excluding tert-OH is 1. The third kappa shape index (κ3) is 69.1. The zero-order chi connectivity index (χ0) is 59.1. The summed E-state index contributed by atoms with van der Waals surface area (Å²) < 4.78 is 10.8. The molecule has 1 unspecified atom stereocenters. The number of carbonyl (C=O) groups is 2. The van der Waals surface area contributed by atoms with E-state index in [2.05, 4.69) is 123 Å². The molecule has 0 heterocycles. The molecule has 0 saturated heterocycles. The van der Waals surface area contributed by atoms with Crippen molar-refractivity contribution in [1.82, 2.24) is 0 Å². The van der Waals surface area contributed by atoms with Gasteiger partial charge in [0.2, 0.25) is 0 Å². The molecule has 472 valence electrons. The second-order valence-electron chi connectivity index (χ2n) is 23.6. The first-order valence-corrected chi connectivity index (χ1v) is 35.4. The van der Waals surface area contributed by atoms with Crippen LogP contribution in [0.15, 0.2) is 109 Å². The Labute approximate surface area is 510 Å². The SMILES string of the molecule is CC/C=C\C/C=C\C/C=C\C/C=C\C/C=C\CCCCCCCCCCCCCCCCCCCCCCCCCC(=O)OC(CO)COC(=O)CCCCCCCCCCCCCCCCCC/C=C\C/C=C\C/C=C\C/C=C\CC. The molecule has 1 atom stereocenters. The maximum absolute atomic E-state index is 12.4. The molecule has 0 bridgehead atoms. The Morgan fingerprint density at radius 1 is 0.280 bits per heavy atom. The van der Waals surface area contributed by atoms with Crippen molar-refractivity contribution in [3.8, 4) is 0 Å². The smallest absolute Gasteiger partial charge is 0.306 e. The summed E-state index contributed by atoms with van der Waals surface area (Å²) in [6, 6.07) is 0. The molecule has 0 amide bonds. The molecule has 5 heteroatoms. The van der Waals surface area contributed by atoms with Gasteiger partial charge in [0, 0.05) is 12.8 Å². The van der Waals surface area contributed by atoms with Gasteiger partial charge in [-0.2, -0.15) is 0 Å². The van der Waals surface area contributed by atoms with Crippen molar-refractivity contribution in [2.24, 2.45) is 0 Å². The van der Waals surface area contributed by atoms with Gasteiger partial charge in [-0.15, -0.1) is 0 Å². The molecule has 0 aromatic rings. The summed E-state index contributed by atoms with van der Waals surface area (Å²) in [6.45, 7) is 3.95. The number of carbonyl (C=O) groups excluding carboxylic acids is 2. The summed E-state index contributed by atoms with van der Waals surface area (Å²) in [5.74, 6) is -0.576. The largest absolute Gasteiger partial charge is 0.462 e. The van der Waals surface area contributed by atoms with Crippen LogP contribution in [0.2, 0.25) is 0 Å². The van der Waals surface area contributed by atoms with Gasteiger partial charge in [-0.05, 0) is 96.3 Å². The topological polar surface area (TPSA) is 72.8 Å². The van der Waals surface area contributed by atoms with Crippen molar-refractivity contribution in [2.45, 2.75) is 354 Å². The summed E-state index contributed by atoms with van der Waals surface area (Å²) in [5.41, 5.74) is 0. The second kappa shape index (κ2) is 71.8. The van der Waals surface area contributed by atoms with E-state index >= 15 is 0 Å². The zero-order valence-electron chi connectivity index (χ0n) is 54.2. The van der Waals surface area contributed by atoms with Crippen LogP contribution < -0.4 is 0 Å². The van der Waals surface area contributed by atoms with E-state index in [0.717, 1.165) is 96.3 Å². The van der Waals surface area contributed by atoms with E-state index in [4.69, 9.17) is 9.47 Å². The van der Waals surface area contributed by atoms with Crippen LogP contribution in [0.1, 0.15) is 348 Å². The highest BCUT2D eigenvalue weighted by Gasteiger charge is 2.16. The minimum absolute atomic E-state index is 0.0648. The van der Waals surface area contributed by atoms with Gasteiger partial charge in [-0.3, -0.25) is 9.59 Å². The number of hydrogen-bond donors (Lipinski definition) is 1. The first-order chi connectivity index (χ1) is 40.6. The van der Waals surface area contributed by atoms with E-state index in [9.17, 15) is 14.7 Å². The summed E-state index contributed by atoms with van der Waals surface area (Å²) in [7, 11) is 0. The Bertz CT molecular complexity index is 1570. The van der Waals surface area contributed by atoms with Crippen LogP contribution in [0, 0.1) is 0 Å². The lowest BCUT2D eigenvalue weighted by Crippen LogP contribution is -2.28. The van der Waals surface area contributed by atoms with Crippen molar-refractivity contribution in [1.29, 1.82) is 0 Å². The minimum atomic E-state index is -0.776. The zero-order valence-corrected chi connectivity index (χ0v) is 54.2. The monoisotopic (exact) mass is 1140 g/mol. The molecule has 0 radical (unpaired) electrons. The van der Waals surface area contributed by atoms with Gasteiger partial charge in [0.15, 0.2) is 6.10 Å². The summed E-state index contributed by atoms with van der Waals surface area (Å²) in [5, 5.41) is 9.71. The molecule has 82 heavy (non-hydrogen) atoms. The maximum Gasteiger partial charge on any atom is 0.306 e. The van der Waals surface area contributed by atoms with E-state index in [1.165, 1.54) is 225 Å². The lowest BCUT2D eigenvalue weighted by Gasteiger charge is -2.15. The molecule has 0 aromatic carbocycles. The normalized spacial score (nSPS) is 12.9. The molecule has 0 spiro atoms. The van der Waals surface area contributed by atoms with Crippen molar-refractivity contribution >= 4 is 11.9 Å². The summed E-state index contributed by atoms with van der Waals surface area (Å²) in [4.78, 5) is 24.7. The average Bonchev–Trinajstić information content (AvgIpc) is 3.49. The molecule has 0 aliphatic heterocycles. The molecule has 0 aromatic heterocycles. The number of rotatable bonds is 65. The standard InChI is InChI=1S/C77H134O5/c1-3-5-7-9-11-13-15-17-19-21-23-25-27-29-31-33-34-35-36-37-38-39-40-41-42-44-46-48-50-52-54-56-58-60-62-64-66-68-70-72-77(80)82-75(73-78)74-81-76(79)71-69-67-65-63-61-59-57-55-53-51-49-47-45-43-32-30-28-26-24-22-20-18-16-14-12-10-8-6-4-2/h5-8,11-14,17-20,23-26,29,31,75,78H,3-4,9-10,15-16,21-22,27-28,30,32-74H2,1-2H3/b7-5-,8-6-,13-11-,14-12-,19-17-,20-18-,25-23-,26-24-,31-29-. The predicted octanol–water partition coefficient (Wildman–Crippen LogP) is 24.8. The van der Waals surface area contributed by atoms with Crippen LogP contribution in [0.25, 0.3) is 0 Å². The number of unbranched alkanes of at least 4 members (excludes halogenated alkanes) is 39. The summed E-state index contributed by atoms with van der Waals surface area (Å²) in [6.07, 6.45) is 104. The van der Waals surface area contributed by atoms with Gasteiger partial charge in [0.05, 0.1) is 6.61 Å². The van der Waals surface area contributed by atoms with Crippen molar-refractivity contribution in [3.05, 3.63) is 109 Å². The molecular formula is C77H134O5. The predicted molar refractivity (Wildman–Crippen MR) is 362 cm³/mol. The fourth-order valence-corrected chi connectivity index (χ4v) is 10.3. The quantitative estimate of drug-likeness (QED) is 0.0373. The maximum atomic E-state index is 12.4. The van der Waals surface area contributed by atoms with Gasteiger partial charge in [-0.1, -0.05) is 348 Å². The second-order valence-corrected chi connectivity index (χ2v) is 23.6. The molecule has 0 rings (SSSR count). The first-order valence-electron chi connectivity index (χ1n) is 35.4. The fourth-order valence-electron chi connectivity index (χ4n) is 10.3. The van der Waals surface area contributed by atoms with Gasteiger partial charge in [0.25, 0.3) is 0 Å². The van der Waals surface area contributed by atoms with Crippen molar-refractivity contribution < 1.29 is 24.2 Å². The number of aliphatic hydroxyl groups is 1. The summed E-state index contributed by atoms with van der Waals surface area (Å²) >= 11 is 0. The number of hydrogen-bond acceptors (Lipinski definition) is 5. The molecule has 1 N–H and O–H groups in total. The van der Waals surface area contributed by atoms with Crippen LogP contribution >= 0.6 is 0 Å². The average molecular weight is 1140 g/mol. The number of allylic oxidation sites excluding steroid dienone is 18. The Hall–Kier alpha value is -3.44. The number of esters is 2. The highest BCUT2D eigenvalue weighted by Crippen LogP contribution is 2.18. The van der Waals surface area contributed by atoms with Crippen LogP contribution in [-0.2, 0) is 19.1 Å². The molecular weight excluding hydrogens is 1000 g/mol. The number of ether oxygens (including phenoxy) is 2. The Morgan fingerprint density at radius 2 is 0.488 bits per heavy atom. The highest BCUT2D eigenvalue weighted by atomic mass is 16.6. The lowest BCUT2D eigenvalue weighted by molar-refractivity contribution is -0.161. The van der Waals surface area contributed by atoms with Gasteiger partial charge in [0.1, 0.15) is 6.61 Å². The molecule has 5 nitrogen and oxygen atoms in total. The van der Waals surface area contributed by atoms with Crippen LogP contribution in [0.3, 0.4) is 0 Å². The van der Waals surface area contributed by atoms with Crippen molar-refractivity contribution in [2.75, 3.05) is 13.2 Å². The van der Waals surface area contributed by atoms with E-state index in [-0.39, 0.29) is 25.2 Å². The third-order valence-electron chi connectivity index (χ3n) is 15.6. The Kier molecular flexibility index (Phi) is 68.8. The molecule has 0 fully saturated rings. The van der Waals surface area contributed by atoms with Gasteiger partial charge < -0.3 is 14.6 Å². The minimum Gasteiger partial charge on any atom is -0.462 e. The van der Waals surface area contributed by atoms with Crippen LogP contribution in [-0.4, -0.2) is 36.4 Å².